The second kappa shape index (κ2) is 4.10. The minimum Gasteiger partial charge on any atom is -0.463 e. The monoisotopic (exact) mass is 258 g/mol. The van der Waals surface area contributed by atoms with Crippen LogP contribution in [0.4, 0.5) is 0 Å². The van der Waals surface area contributed by atoms with Crippen LogP contribution in [0.25, 0.3) is 11.0 Å². The summed E-state index contributed by atoms with van der Waals surface area (Å²) in [6.45, 7) is 4.71. The lowest BCUT2D eigenvalue weighted by Gasteiger charge is -2.31. The molecule has 2 aromatic rings. The highest BCUT2D eigenvalue weighted by molar-refractivity contribution is 6.06. The Morgan fingerprint density at radius 2 is 2.16 bits per heavy atom. The number of carbonyl (C=O) groups excluding carboxylic acids is 1. The van der Waals surface area contributed by atoms with Crippen LogP contribution in [0.15, 0.2) is 34.9 Å². The summed E-state index contributed by atoms with van der Waals surface area (Å²) in [5.74, 6) is 0.00269. The van der Waals surface area contributed by atoms with Crippen molar-refractivity contribution in [1.29, 1.82) is 0 Å². The van der Waals surface area contributed by atoms with E-state index in [4.69, 9.17) is 10.2 Å². The van der Waals surface area contributed by atoms with Crippen molar-refractivity contribution in [2.75, 3.05) is 6.54 Å². The quantitative estimate of drug-likeness (QED) is 0.854. The Morgan fingerprint density at radius 3 is 2.84 bits per heavy atom. The second-order valence-electron chi connectivity index (χ2n) is 5.84. The fourth-order valence-electron chi connectivity index (χ4n) is 2.94. The summed E-state index contributed by atoms with van der Waals surface area (Å²) in [4.78, 5) is 14.5. The summed E-state index contributed by atoms with van der Waals surface area (Å²) < 4.78 is 5.45. The molecule has 2 N–H and O–H groups in total. The Hall–Kier alpha value is -1.81. The van der Waals surface area contributed by atoms with Crippen molar-refractivity contribution in [2.45, 2.75) is 31.8 Å². The number of furan rings is 1. The van der Waals surface area contributed by atoms with Crippen LogP contribution in [-0.2, 0) is 0 Å². The number of fused-ring (bicyclic) bond motifs is 1. The summed E-state index contributed by atoms with van der Waals surface area (Å²) in [6.07, 6.45) is 2.38. The van der Waals surface area contributed by atoms with E-state index >= 15 is 0 Å². The summed E-state index contributed by atoms with van der Waals surface area (Å²) in [7, 11) is 0. The van der Waals surface area contributed by atoms with Gasteiger partial charge in [0.2, 0.25) is 0 Å². The van der Waals surface area contributed by atoms with E-state index in [1.165, 1.54) is 0 Å². The first kappa shape index (κ1) is 12.2. The van der Waals surface area contributed by atoms with Crippen molar-refractivity contribution in [3.8, 4) is 0 Å². The number of hydrogen-bond acceptors (Lipinski definition) is 3. The zero-order chi connectivity index (χ0) is 13.6. The first-order valence-corrected chi connectivity index (χ1v) is 6.53. The van der Waals surface area contributed by atoms with E-state index in [0.29, 0.717) is 12.1 Å². The van der Waals surface area contributed by atoms with Gasteiger partial charge in [-0.15, -0.1) is 0 Å². The Morgan fingerprint density at radius 1 is 1.42 bits per heavy atom. The Bertz CT molecular complexity index is 630. The van der Waals surface area contributed by atoms with E-state index in [0.717, 1.165) is 17.4 Å². The van der Waals surface area contributed by atoms with Crippen molar-refractivity contribution < 1.29 is 9.21 Å². The molecule has 1 aromatic heterocycles. The van der Waals surface area contributed by atoms with Crippen LogP contribution in [0, 0.1) is 0 Å². The number of amides is 1. The van der Waals surface area contributed by atoms with Gasteiger partial charge in [-0.05, 0) is 26.3 Å². The molecule has 1 atom stereocenters. The van der Waals surface area contributed by atoms with E-state index < -0.39 is 0 Å². The zero-order valence-electron chi connectivity index (χ0n) is 11.2. The standard InChI is InChI=1S/C15H18N2O2/c1-15(2)7-10(16)8-17(15)14(18)12-9-19-13-6-4-3-5-11(12)13/h3-6,9-10H,7-8,16H2,1-2H3. The first-order valence-electron chi connectivity index (χ1n) is 6.53. The molecule has 0 aliphatic carbocycles. The highest BCUT2D eigenvalue weighted by atomic mass is 16.3. The number of rotatable bonds is 1. The number of para-hydroxylation sites is 1. The van der Waals surface area contributed by atoms with Gasteiger partial charge in [-0.1, -0.05) is 18.2 Å². The van der Waals surface area contributed by atoms with E-state index in [1.807, 2.05) is 29.2 Å². The Balaban J connectivity index is 2.01. The number of nitrogens with zero attached hydrogens (tertiary/aromatic N) is 1. The molecule has 1 aromatic carbocycles. The maximum absolute atomic E-state index is 12.7. The SMILES string of the molecule is CC1(C)CC(N)CN1C(=O)c1coc2ccccc12. The second-order valence-corrected chi connectivity index (χ2v) is 5.84. The molecule has 0 spiro atoms. The molecule has 1 unspecified atom stereocenters. The molecule has 0 radical (unpaired) electrons. The molecular weight excluding hydrogens is 240 g/mol. The number of nitrogens with two attached hydrogens (primary N) is 1. The summed E-state index contributed by atoms with van der Waals surface area (Å²) in [5, 5.41) is 0.865. The fourth-order valence-corrected chi connectivity index (χ4v) is 2.94. The van der Waals surface area contributed by atoms with Crippen molar-refractivity contribution in [1.82, 2.24) is 4.90 Å². The molecule has 0 bridgehead atoms. The number of benzene rings is 1. The zero-order valence-corrected chi connectivity index (χ0v) is 11.2. The van der Waals surface area contributed by atoms with Crippen LogP contribution in [-0.4, -0.2) is 28.9 Å². The molecule has 1 fully saturated rings. The fraction of sp³-hybridized carbons (Fsp3) is 0.400. The molecule has 4 nitrogen and oxygen atoms in total. The molecule has 1 aliphatic heterocycles. The van der Waals surface area contributed by atoms with Crippen LogP contribution in [0.2, 0.25) is 0 Å². The largest absolute Gasteiger partial charge is 0.463 e. The Kier molecular flexibility index (Phi) is 2.64. The van der Waals surface area contributed by atoms with Gasteiger partial charge in [-0.3, -0.25) is 4.79 Å². The van der Waals surface area contributed by atoms with Crippen LogP contribution in [0.3, 0.4) is 0 Å². The van der Waals surface area contributed by atoms with E-state index in [-0.39, 0.29) is 17.5 Å². The third-order valence-electron chi connectivity index (χ3n) is 3.87. The maximum Gasteiger partial charge on any atom is 0.258 e. The normalized spacial score (nSPS) is 22.1. The summed E-state index contributed by atoms with van der Waals surface area (Å²) in [5.41, 5.74) is 7.15. The lowest BCUT2D eigenvalue weighted by molar-refractivity contribution is 0.0652. The van der Waals surface area contributed by atoms with Gasteiger partial charge in [-0.2, -0.15) is 0 Å². The number of likely N-dealkylation sites (tertiary alicyclic amines) is 1. The maximum atomic E-state index is 12.7. The van der Waals surface area contributed by atoms with Gasteiger partial charge in [0.05, 0.1) is 5.56 Å². The molecule has 19 heavy (non-hydrogen) atoms. The molecule has 1 saturated heterocycles. The summed E-state index contributed by atoms with van der Waals surface area (Å²) >= 11 is 0. The van der Waals surface area contributed by atoms with Gasteiger partial charge in [-0.25, -0.2) is 0 Å². The lowest BCUT2D eigenvalue weighted by Crippen LogP contribution is -2.42. The number of carbonyl (C=O) groups is 1. The minimum absolute atomic E-state index is 0.00269. The number of hydrogen-bond donors (Lipinski definition) is 1. The van der Waals surface area contributed by atoms with Crippen molar-refractivity contribution >= 4 is 16.9 Å². The third kappa shape index (κ3) is 1.92. The van der Waals surface area contributed by atoms with Crippen LogP contribution >= 0.6 is 0 Å². The molecule has 3 rings (SSSR count). The van der Waals surface area contributed by atoms with Crippen LogP contribution < -0.4 is 5.73 Å². The van der Waals surface area contributed by atoms with E-state index in [2.05, 4.69) is 13.8 Å². The van der Waals surface area contributed by atoms with Crippen molar-refractivity contribution in [3.05, 3.63) is 36.1 Å². The predicted octanol–water partition coefficient (Wildman–Crippen LogP) is 2.38. The van der Waals surface area contributed by atoms with E-state index in [1.54, 1.807) is 6.26 Å². The third-order valence-corrected chi connectivity index (χ3v) is 3.87. The molecule has 100 valence electrons. The smallest absolute Gasteiger partial charge is 0.258 e. The van der Waals surface area contributed by atoms with Gasteiger partial charge in [0.15, 0.2) is 0 Å². The Labute approximate surface area is 112 Å². The first-order chi connectivity index (χ1) is 8.99. The highest BCUT2D eigenvalue weighted by Crippen LogP contribution is 2.31. The van der Waals surface area contributed by atoms with E-state index in [9.17, 15) is 4.79 Å². The molecule has 1 amide bonds. The average Bonchev–Trinajstić information content (AvgIpc) is 2.89. The highest BCUT2D eigenvalue weighted by Gasteiger charge is 2.40. The molecular formula is C15H18N2O2. The molecule has 1 aliphatic rings. The lowest BCUT2D eigenvalue weighted by atomic mass is 10.00. The topological polar surface area (TPSA) is 59.5 Å². The van der Waals surface area contributed by atoms with Gasteiger partial charge in [0.25, 0.3) is 5.91 Å². The van der Waals surface area contributed by atoms with Crippen molar-refractivity contribution in [3.63, 3.8) is 0 Å². The van der Waals surface area contributed by atoms with Crippen LogP contribution in [0.1, 0.15) is 30.6 Å². The summed E-state index contributed by atoms with van der Waals surface area (Å²) in [6, 6.07) is 7.64. The van der Waals surface area contributed by atoms with Crippen molar-refractivity contribution in [2.24, 2.45) is 5.73 Å². The predicted molar refractivity (Wildman–Crippen MR) is 73.9 cm³/mol. The molecule has 4 heteroatoms. The van der Waals surface area contributed by atoms with Gasteiger partial charge in [0, 0.05) is 23.5 Å². The molecule has 2 heterocycles. The molecule has 0 saturated carbocycles. The van der Waals surface area contributed by atoms with Gasteiger partial charge in [0.1, 0.15) is 11.8 Å². The van der Waals surface area contributed by atoms with Crippen LogP contribution in [0.5, 0.6) is 0 Å². The van der Waals surface area contributed by atoms with Gasteiger partial charge >= 0.3 is 0 Å². The average molecular weight is 258 g/mol. The minimum atomic E-state index is -0.200. The van der Waals surface area contributed by atoms with Gasteiger partial charge < -0.3 is 15.1 Å².